The molecule has 0 radical (unpaired) electrons. The first-order valence-electron chi connectivity index (χ1n) is 9.55. The number of likely N-dealkylation sites (N-methyl/N-ethyl adjacent to an activating group) is 1. The molecule has 9 heteroatoms. The van der Waals surface area contributed by atoms with Gasteiger partial charge in [0.15, 0.2) is 0 Å². The van der Waals surface area contributed by atoms with Gasteiger partial charge in [-0.15, -0.1) is 0 Å². The first-order chi connectivity index (χ1) is 13.1. The van der Waals surface area contributed by atoms with Crippen molar-refractivity contribution in [2.45, 2.75) is 38.6 Å². The predicted octanol–water partition coefficient (Wildman–Crippen LogP) is 1.11. The second-order valence-electron chi connectivity index (χ2n) is 7.27. The zero-order valence-corrected chi connectivity index (χ0v) is 17.8. The summed E-state index contributed by atoms with van der Waals surface area (Å²) in [4.78, 5) is 26.1. The van der Waals surface area contributed by atoms with E-state index in [4.69, 9.17) is 0 Å². The van der Waals surface area contributed by atoms with E-state index in [1.54, 1.807) is 12.1 Å². The Morgan fingerprint density at radius 1 is 1.07 bits per heavy atom. The van der Waals surface area contributed by atoms with Crippen LogP contribution < -0.4 is 10.6 Å². The van der Waals surface area contributed by atoms with Crippen molar-refractivity contribution in [3.63, 3.8) is 0 Å². The number of carbonyl (C=O) groups excluding carboxylic acids is 2. The lowest BCUT2D eigenvalue weighted by atomic mass is 10.0. The average Bonchev–Trinajstić information content (AvgIpc) is 2.66. The molecule has 1 aliphatic heterocycles. The third-order valence-electron chi connectivity index (χ3n) is 4.85. The topological polar surface area (TPSA) is 98.8 Å². The number of hydrogen-bond donors (Lipinski definition) is 2. The third kappa shape index (κ3) is 5.52. The number of sulfonamides is 1. The number of amides is 2. The van der Waals surface area contributed by atoms with Gasteiger partial charge in [0, 0.05) is 38.8 Å². The standard InChI is InChI=1S/C19H30N4O4S/c1-5-22-10-12-23(13-11-22)28(26,27)17-8-6-16(7-9-17)21-19(25)18(14(2)3)20-15(4)24/h6-9,14,18H,5,10-13H2,1-4H3,(H,20,24)(H,21,25). The molecule has 1 heterocycles. The van der Waals surface area contributed by atoms with Crippen LogP contribution in [0.15, 0.2) is 29.2 Å². The molecular weight excluding hydrogens is 380 g/mol. The van der Waals surface area contributed by atoms with E-state index in [1.165, 1.54) is 23.4 Å². The van der Waals surface area contributed by atoms with E-state index in [0.29, 0.717) is 18.8 Å². The van der Waals surface area contributed by atoms with Crippen molar-refractivity contribution < 1.29 is 18.0 Å². The van der Waals surface area contributed by atoms with Gasteiger partial charge >= 0.3 is 0 Å². The lowest BCUT2D eigenvalue weighted by Gasteiger charge is -2.33. The van der Waals surface area contributed by atoms with Gasteiger partial charge < -0.3 is 15.5 Å². The molecular formula is C19H30N4O4S. The fraction of sp³-hybridized carbons (Fsp3) is 0.579. The highest BCUT2D eigenvalue weighted by molar-refractivity contribution is 7.89. The first kappa shape index (κ1) is 22.3. The van der Waals surface area contributed by atoms with Crippen LogP contribution in [0.1, 0.15) is 27.7 Å². The Hall–Kier alpha value is -1.97. The summed E-state index contributed by atoms with van der Waals surface area (Å²) in [6.07, 6.45) is 0. The summed E-state index contributed by atoms with van der Waals surface area (Å²) >= 11 is 0. The Kier molecular flexibility index (Phi) is 7.56. The van der Waals surface area contributed by atoms with E-state index in [0.717, 1.165) is 19.6 Å². The molecule has 1 aromatic rings. The molecule has 2 N–H and O–H groups in total. The van der Waals surface area contributed by atoms with Gasteiger partial charge in [-0.3, -0.25) is 9.59 Å². The molecule has 156 valence electrons. The fourth-order valence-corrected chi connectivity index (χ4v) is 4.54. The molecule has 8 nitrogen and oxygen atoms in total. The minimum absolute atomic E-state index is 0.0784. The van der Waals surface area contributed by atoms with Crippen molar-refractivity contribution in [2.24, 2.45) is 5.92 Å². The zero-order valence-electron chi connectivity index (χ0n) is 16.9. The summed E-state index contributed by atoms with van der Waals surface area (Å²) in [6.45, 7) is 10.4. The number of nitrogens with one attached hydrogen (secondary N) is 2. The summed E-state index contributed by atoms with van der Waals surface area (Å²) in [5, 5.41) is 5.36. The molecule has 28 heavy (non-hydrogen) atoms. The highest BCUT2D eigenvalue weighted by Gasteiger charge is 2.28. The largest absolute Gasteiger partial charge is 0.344 e. The second-order valence-corrected chi connectivity index (χ2v) is 9.21. The van der Waals surface area contributed by atoms with Crippen molar-refractivity contribution in [1.82, 2.24) is 14.5 Å². The van der Waals surface area contributed by atoms with Crippen LogP contribution in [-0.4, -0.2) is 68.2 Å². The molecule has 0 spiro atoms. The van der Waals surface area contributed by atoms with Gasteiger partial charge in [-0.2, -0.15) is 4.31 Å². The number of rotatable bonds is 7. The lowest BCUT2D eigenvalue weighted by Crippen LogP contribution is -2.48. The van der Waals surface area contributed by atoms with Crippen LogP contribution in [0.25, 0.3) is 0 Å². The van der Waals surface area contributed by atoms with Gasteiger partial charge in [0.2, 0.25) is 21.8 Å². The minimum atomic E-state index is -3.55. The first-order valence-corrected chi connectivity index (χ1v) is 11.0. The van der Waals surface area contributed by atoms with Crippen molar-refractivity contribution in [1.29, 1.82) is 0 Å². The average molecular weight is 411 g/mol. The smallest absolute Gasteiger partial charge is 0.247 e. The third-order valence-corrected chi connectivity index (χ3v) is 6.76. The number of anilines is 1. The van der Waals surface area contributed by atoms with Gasteiger partial charge in [-0.05, 0) is 36.7 Å². The molecule has 0 aliphatic carbocycles. The number of benzene rings is 1. The van der Waals surface area contributed by atoms with E-state index < -0.39 is 16.1 Å². The normalized spacial score (nSPS) is 17.3. The summed E-state index contributed by atoms with van der Waals surface area (Å²) < 4.78 is 27.1. The molecule has 1 aromatic carbocycles. The van der Waals surface area contributed by atoms with Crippen molar-refractivity contribution in [2.75, 3.05) is 38.0 Å². The Morgan fingerprint density at radius 2 is 1.64 bits per heavy atom. The van der Waals surface area contributed by atoms with Gasteiger partial charge in [0.05, 0.1) is 4.90 Å². The maximum absolute atomic E-state index is 12.8. The van der Waals surface area contributed by atoms with Crippen molar-refractivity contribution in [3.05, 3.63) is 24.3 Å². The molecule has 1 atom stereocenters. The predicted molar refractivity (Wildman–Crippen MR) is 108 cm³/mol. The summed E-state index contributed by atoms with van der Waals surface area (Å²) in [5.41, 5.74) is 0.482. The van der Waals surface area contributed by atoms with Gasteiger partial charge in [-0.1, -0.05) is 20.8 Å². The van der Waals surface area contributed by atoms with Gasteiger partial charge in [0.25, 0.3) is 0 Å². The number of carbonyl (C=O) groups is 2. The Labute approximate surface area is 167 Å². The molecule has 0 aromatic heterocycles. The van der Waals surface area contributed by atoms with Crippen LogP contribution in [0, 0.1) is 5.92 Å². The van der Waals surface area contributed by atoms with Crippen LogP contribution in [0.5, 0.6) is 0 Å². The summed E-state index contributed by atoms with van der Waals surface area (Å²) in [5.74, 6) is -0.694. The monoisotopic (exact) mass is 410 g/mol. The Morgan fingerprint density at radius 3 is 2.11 bits per heavy atom. The Balaban J connectivity index is 2.06. The molecule has 2 amide bonds. The summed E-state index contributed by atoms with van der Waals surface area (Å²) in [6, 6.07) is 5.48. The van der Waals surface area contributed by atoms with Crippen LogP contribution in [0.4, 0.5) is 5.69 Å². The Bertz CT molecular complexity index is 785. The maximum atomic E-state index is 12.8. The maximum Gasteiger partial charge on any atom is 0.247 e. The molecule has 0 saturated carbocycles. The van der Waals surface area contributed by atoms with Crippen LogP contribution >= 0.6 is 0 Å². The molecule has 1 fully saturated rings. The van der Waals surface area contributed by atoms with Crippen LogP contribution in [-0.2, 0) is 19.6 Å². The number of piperazine rings is 1. The highest BCUT2D eigenvalue weighted by atomic mass is 32.2. The quantitative estimate of drug-likeness (QED) is 0.702. The minimum Gasteiger partial charge on any atom is -0.344 e. The number of hydrogen-bond acceptors (Lipinski definition) is 5. The fourth-order valence-electron chi connectivity index (χ4n) is 3.12. The highest BCUT2D eigenvalue weighted by Crippen LogP contribution is 2.20. The van der Waals surface area contributed by atoms with E-state index >= 15 is 0 Å². The van der Waals surface area contributed by atoms with Crippen LogP contribution in [0.3, 0.4) is 0 Å². The van der Waals surface area contributed by atoms with Gasteiger partial charge in [-0.25, -0.2) is 8.42 Å². The molecule has 0 bridgehead atoms. The van der Waals surface area contributed by atoms with Crippen molar-refractivity contribution in [3.8, 4) is 0 Å². The number of nitrogens with zero attached hydrogens (tertiary/aromatic N) is 2. The van der Waals surface area contributed by atoms with E-state index in [-0.39, 0.29) is 22.6 Å². The van der Waals surface area contributed by atoms with Gasteiger partial charge in [0.1, 0.15) is 6.04 Å². The zero-order chi connectivity index (χ0) is 20.9. The van der Waals surface area contributed by atoms with E-state index in [1.807, 2.05) is 13.8 Å². The second kappa shape index (κ2) is 9.49. The SMILES string of the molecule is CCN1CCN(S(=O)(=O)c2ccc(NC(=O)C(NC(C)=O)C(C)C)cc2)CC1. The van der Waals surface area contributed by atoms with Crippen molar-refractivity contribution >= 4 is 27.5 Å². The van der Waals surface area contributed by atoms with Crippen LogP contribution in [0.2, 0.25) is 0 Å². The molecule has 2 rings (SSSR count). The molecule has 1 saturated heterocycles. The molecule has 1 unspecified atom stereocenters. The summed E-state index contributed by atoms with van der Waals surface area (Å²) in [7, 11) is -3.55. The van der Waals surface area contributed by atoms with E-state index in [9.17, 15) is 18.0 Å². The van der Waals surface area contributed by atoms with E-state index in [2.05, 4.69) is 22.5 Å². The molecule has 1 aliphatic rings. The lowest BCUT2D eigenvalue weighted by molar-refractivity contribution is -0.126.